The van der Waals surface area contributed by atoms with Gasteiger partial charge in [-0.15, -0.1) is 0 Å². The first-order chi connectivity index (χ1) is 7.15. The highest BCUT2D eigenvalue weighted by molar-refractivity contribution is 6.04. The van der Waals surface area contributed by atoms with Gasteiger partial charge in [0, 0.05) is 19.3 Å². The number of Topliss-reactive ketones (excluding diaryl/α,β-unsaturated/α-hetero) is 2. The van der Waals surface area contributed by atoms with Gasteiger partial charge in [-0.25, -0.2) is 0 Å². The minimum atomic E-state index is -0.455. The lowest BCUT2D eigenvalue weighted by Crippen LogP contribution is -2.28. The van der Waals surface area contributed by atoms with Crippen molar-refractivity contribution in [1.82, 2.24) is 0 Å². The Kier molecular flexibility index (Phi) is 4.46. The fourth-order valence-corrected chi connectivity index (χ4v) is 1.84. The van der Waals surface area contributed by atoms with Gasteiger partial charge in [-0.05, 0) is 19.3 Å². The first kappa shape index (κ1) is 11.9. The van der Waals surface area contributed by atoms with Gasteiger partial charge < -0.3 is 4.74 Å². The lowest BCUT2D eigenvalue weighted by atomic mass is 9.83. The summed E-state index contributed by atoms with van der Waals surface area (Å²) in [5.41, 5.74) is 0. The molecule has 4 heteroatoms. The first-order valence-corrected chi connectivity index (χ1v) is 5.27. The standard InChI is InChI=1S/C11H16O4/c1-15-11(14)7-2-4-8-9(12)5-3-6-10(8)13/h8H,2-7H2,1H3. The molecule has 0 amide bonds. The lowest BCUT2D eigenvalue weighted by molar-refractivity contribution is -0.142. The maximum absolute atomic E-state index is 11.4. The molecule has 1 saturated carbocycles. The Hall–Kier alpha value is -1.19. The van der Waals surface area contributed by atoms with Crippen LogP contribution in [-0.4, -0.2) is 24.6 Å². The van der Waals surface area contributed by atoms with E-state index in [1.165, 1.54) is 7.11 Å². The van der Waals surface area contributed by atoms with Crippen molar-refractivity contribution in [3.8, 4) is 0 Å². The summed E-state index contributed by atoms with van der Waals surface area (Å²) < 4.78 is 4.48. The molecule has 0 radical (unpaired) electrons. The molecule has 0 bridgehead atoms. The molecule has 0 aromatic rings. The number of ether oxygens (including phenoxy) is 1. The third kappa shape index (κ3) is 3.46. The maximum atomic E-state index is 11.4. The number of carbonyl (C=O) groups excluding carboxylic acids is 3. The number of esters is 1. The minimum absolute atomic E-state index is 0.0381. The summed E-state index contributed by atoms with van der Waals surface area (Å²) in [5.74, 6) is -0.665. The van der Waals surface area contributed by atoms with E-state index in [2.05, 4.69) is 4.74 Å². The quantitative estimate of drug-likeness (QED) is 0.520. The average molecular weight is 212 g/mol. The average Bonchev–Trinajstić information content (AvgIpc) is 2.22. The van der Waals surface area contributed by atoms with Gasteiger partial charge in [0.25, 0.3) is 0 Å². The second-order valence-corrected chi connectivity index (χ2v) is 3.81. The molecule has 0 N–H and O–H groups in total. The summed E-state index contributed by atoms with van der Waals surface area (Å²) >= 11 is 0. The molecule has 0 atom stereocenters. The second-order valence-electron chi connectivity index (χ2n) is 3.81. The van der Waals surface area contributed by atoms with Crippen LogP contribution in [0.5, 0.6) is 0 Å². The topological polar surface area (TPSA) is 60.4 Å². The van der Waals surface area contributed by atoms with E-state index in [0.29, 0.717) is 32.1 Å². The van der Waals surface area contributed by atoms with Crippen LogP contribution >= 0.6 is 0 Å². The lowest BCUT2D eigenvalue weighted by Gasteiger charge is -2.18. The monoisotopic (exact) mass is 212 g/mol. The SMILES string of the molecule is COC(=O)CCCC1C(=O)CCCC1=O. The van der Waals surface area contributed by atoms with Crippen molar-refractivity contribution in [3.05, 3.63) is 0 Å². The Labute approximate surface area is 89.0 Å². The molecule has 0 aromatic carbocycles. The number of hydrogen-bond donors (Lipinski definition) is 0. The maximum Gasteiger partial charge on any atom is 0.305 e. The van der Waals surface area contributed by atoms with Gasteiger partial charge in [-0.3, -0.25) is 14.4 Å². The van der Waals surface area contributed by atoms with Crippen LogP contribution in [0.25, 0.3) is 0 Å². The number of methoxy groups -OCH3 is 1. The Morgan fingerprint density at radius 1 is 1.33 bits per heavy atom. The molecule has 84 valence electrons. The number of carbonyl (C=O) groups is 3. The molecular formula is C11H16O4. The summed E-state index contributed by atoms with van der Waals surface area (Å²) in [4.78, 5) is 33.7. The molecule has 4 nitrogen and oxygen atoms in total. The molecule has 15 heavy (non-hydrogen) atoms. The highest BCUT2D eigenvalue weighted by atomic mass is 16.5. The van der Waals surface area contributed by atoms with Gasteiger partial charge in [-0.2, -0.15) is 0 Å². The van der Waals surface area contributed by atoms with Crippen LogP contribution in [0, 0.1) is 5.92 Å². The van der Waals surface area contributed by atoms with Crippen molar-refractivity contribution in [1.29, 1.82) is 0 Å². The molecule has 1 rings (SSSR count). The normalized spacial score (nSPS) is 17.9. The summed E-state index contributed by atoms with van der Waals surface area (Å²) in [5, 5.41) is 0. The van der Waals surface area contributed by atoms with Crippen molar-refractivity contribution in [2.75, 3.05) is 7.11 Å². The fraction of sp³-hybridized carbons (Fsp3) is 0.727. The molecule has 0 heterocycles. The van der Waals surface area contributed by atoms with Crippen LogP contribution in [0.2, 0.25) is 0 Å². The van der Waals surface area contributed by atoms with Gasteiger partial charge in [0.1, 0.15) is 11.6 Å². The zero-order chi connectivity index (χ0) is 11.3. The van der Waals surface area contributed by atoms with Crippen molar-refractivity contribution < 1.29 is 19.1 Å². The van der Waals surface area contributed by atoms with Crippen molar-refractivity contribution in [2.24, 2.45) is 5.92 Å². The van der Waals surface area contributed by atoms with Crippen LogP contribution in [0.3, 0.4) is 0 Å². The molecule has 0 saturated heterocycles. The van der Waals surface area contributed by atoms with Crippen LogP contribution in [0.4, 0.5) is 0 Å². The van der Waals surface area contributed by atoms with Crippen molar-refractivity contribution in [3.63, 3.8) is 0 Å². The predicted octanol–water partition coefficient (Wildman–Crippen LogP) is 1.27. The van der Waals surface area contributed by atoms with Crippen LogP contribution < -0.4 is 0 Å². The largest absolute Gasteiger partial charge is 0.469 e. The fourth-order valence-electron chi connectivity index (χ4n) is 1.84. The van der Waals surface area contributed by atoms with E-state index in [9.17, 15) is 14.4 Å². The molecule has 1 fully saturated rings. The zero-order valence-electron chi connectivity index (χ0n) is 8.95. The zero-order valence-corrected chi connectivity index (χ0v) is 8.95. The Balaban J connectivity index is 2.33. The number of hydrogen-bond acceptors (Lipinski definition) is 4. The first-order valence-electron chi connectivity index (χ1n) is 5.27. The van der Waals surface area contributed by atoms with Crippen LogP contribution in [0.1, 0.15) is 38.5 Å². The summed E-state index contributed by atoms with van der Waals surface area (Å²) in [6.45, 7) is 0. The van der Waals surface area contributed by atoms with E-state index in [4.69, 9.17) is 0 Å². The summed E-state index contributed by atoms with van der Waals surface area (Å²) in [6, 6.07) is 0. The van der Waals surface area contributed by atoms with Crippen molar-refractivity contribution in [2.45, 2.75) is 38.5 Å². The predicted molar refractivity (Wildman–Crippen MR) is 53.2 cm³/mol. The summed E-state index contributed by atoms with van der Waals surface area (Å²) in [7, 11) is 1.33. The van der Waals surface area contributed by atoms with Gasteiger partial charge in [0.2, 0.25) is 0 Å². The van der Waals surface area contributed by atoms with E-state index >= 15 is 0 Å². The Bertz CT molecular complexity index is 254. The van der Waals surface area contributed by atoms with Crippen LogP contribution in [0.15, 0.2) is 0 Å². The van der Waals surface area contributed by atoms with E-state index in [1.807, 2.05) is 0 Å². The Morgan fingerprint density at radius 2 is 1.93 bits per heavy atom. The van der Waals surface area contributed by atoms with Gasteiger partial charge >= 0.3 is 5.97 Å². The van der Waals surface area contributed by atoms with Gasteiger partial charge in [-0.1, -0.05) is 0 Å². The molecule has 0 aromatic heterocycles. The van der Waals surface area contributed by atoms with Crippen LogP contribution in [-0.2, 0) is 19.1 Å². The smallest absolute Gasteiger partial charge is 0.305 e. The number of rotatable bonds is 4. The summed E-state index contributed by atoms with van der Waals surface area (Å²) in [6.07, 6.45) is 3.03. The molecular weight excluding hydrogens is 196 g/mol. The Morgan fingerprint density at radius 3 is 2.47 bits per heavy atom. The third-order valence-corrected chi connectivity index (χ3v) is 2.73. The molecule has 0 spiro atoms. The molecule has 0 aliphatic heterocycles. The molecule has 0 unspecified atom stereocenters. The van der Waals surface area contributed by atoms with Crippen molar-refractivity contribution >= 4 is 17.5 Å². The van der Waals surface area contributed by atoms with E-state index in [-0.39, 0.29) is 24.0 Å². The van der Waals surface area contributed by atoms with Gasteiger partial charge in [0.05, 0.1) is 13.0 Å². The van der Waals surface area contributed by atoms with E-state index in [1.54, 1.807) is 0 Å². The highest BCUT2D eigenvalue weighted by Crippen LogP contribution is 2.22. The molecule has 1 aliphatic rings. The second kappa shape index (κ2) is 5.63. The third-order valence-electron chi connectivity index (χ3n) is 2.73. The van der Waals surface area contributed by atoms with E-state index < -0.39 is 5.92 Å². The number of ketones is 2. The minimum Gasteiger partial charge on any atom is -0.469 e. The highest BCUT2D eigenvalue weighted by Gasteiger charge is 2.29. The van der Waals surface area contributed by atoms with E-state index in [0.717, 1.165) is 0 Å². The molecule has 1 aliphatic carbocycles. The van der Waals surface area contributed by atoms with Gasteiger partial charge in [0.15, 0.2) is 0 Å².